The lowest BCUT2D eigenvalue weighted by atomic mass is 10.1. The number of carbonyl (C=O) groups is 3. The van der Waals surface area contributed by atoms with Gasteiger partial charge in [-0.3, -0.25) is 9.59 Å². The van der Waals surface area contributed by atoms with E-state index in [0.717, 1.165) is 11.8 Å². The van der Waals surface area contributed by atoms with Gasteiger partial charge in [0.1, 0.15) is 6.04 Å². The van der Waals surface area contributed by atoms with Crippen LogP contribution in [0.4, 0.5) is 0 Å². The molecule has 0 spiro atoms. The number of benzene rings is 1. The van der Waals surface area contributed by atoms with E-state index >= 15 is 0 Å². The zero-order valence-electron chi connectivity index (χ0n) is 9.91. The van der Waals surface area contributed by atoms with Crippen LogP contribution in [-0.2, 0) is 4.79 Å². The fourth-order valence-electron chi connectivity index (χ4n) is 1.23. The summed E-state index contributed by atoms with van der Waals surface area (Å²) in [5, 5.41) is 17.3. The molecule has 1 unspecified atom stereocenters. The second-order valence-corrected chi connectivity index (χ2v) is 4.80. The number of rotatable bonds is 7. The van der Waals surface area contributed by atoms with Gasteiger partial charge in [0.15, 0.2) is 5.78 Å². The Morgan fingerprint density at radius 1 is 1.11 bits per heavy atom. The number of ketones is 1. The zero-order chi connectivity index (χ0) is 14.4. The molecule has 0 radical (unpaired) electrons. The van der Waals surface area contributed by atoms with Crippen LogP contribution in [0.1, 0.15) is 20.7 Å². The number of aromatic carboxylic acids is 1. The van der Waals surface area contributed by atoms with Crippen molar-refractivity contribution in [2.75, 3.05) is 11.5 Å². The number of carboxylic acids is 2. The maximum Gasteiger partial charge on any atom is 0.335 e. The number of carboxylic acid groups (broad SMARTS) is 2. The minimum absolute atomic E-state index is 0.105. The SMILES string of the molecule is NC(CSCC(=O)c1ccc(C(=O)O)cc1)C(=O)O. The molecule has 0 fully saturated rings. The topological polar surface area (TPSA) is 118 Å². The first-order valence-corrected chi connectivity index (χ1v) is 6.50. The Bertz CT molecular complexity index is 485. The van der Waals surface area contributed by atoms with E-state index in [1.807, 2.05) is 0 Å². The molecule has 19 heavy (non-hydrogen) atoms. The Hall–Kier alpha value is -1.86. The van der Waals surface area contributed by atoms with Gasteiger partial charge < -0.3 is 15.9 Å². The molecule has 0 bridgehead atoms. The molecule has 1 aromatic rings. The standard InChI is InChI=1S/C12H13NO5S/c13-9(12(17)18)5-19-6-10(14)7-1-3-8(4-2-7)11(15)16/h1-4,9H,5-6,13H2,(H,15,16)(H,17,18). The van der Waals surface area contributed by atoms with E-state index in [1.165, 1.54) is 24.3 Å². The molecular weight excluding hydrogens is 270 g/mol. The Morgan fingerprint density at radius 3 is 2.11 bits per heavy atom. The van der Waals surface area contributed by atoms with Crippen molar-refractivity contribution in [1.29, 1.82) is 0 Å². The molecule has 1 atom stereocenters. The van der Waals surface area contributed by atoms with E-state index in [-0.39, 0.29) is 22.9 Å². The van der Waals surface area contributed by atoms with E-state index in [1.54, 1.807) is 0 Å². The first-order chi connectivity index (χ1) is 8.91. The number of nitrogens with two attached hydrogens (primary N) is 1. The van der Waals surface area contributed by atoms with Crippen molar-refractivity contribution in [2.45, 2.75) is 6.04 Å². The van der Waals surface area contributed by atoms with Gasteiger partial charge in [-0.05, 0) is 12.1 Å². The van der Waals surface area contributed by atoms with Crippen molar-refractivity contribution in [3.8, 4) is 0 Å². The Morgan fingerprint density at radius 2 is 1.63 bits per heavy atom. The fourth-order valence-corrected chi connectivity index (χ4v) is 2.10. The summed E-state index contributed by atoms with van der Waals surface area (Å²) in [5.74, 6) is -2.10. The number of carbonyl (C=O) groups excluding carboxylic acids is 1. The lowest BCUT2D eigenvalue weighted by Crippen LogP contribution is -2.32. The van der Waals surface area contributed by atoms with Crippen LogP contribution in [0.25, 0.3) is 0 Å². The number of Topliss-reactive ketones (excluding diaryl/α,β-unsaturated/α-hetero) is 1. The molecule has 0 aliphatic heterocycles. The third-order valence-electron chi connectivity index (χ3n) is 2.30. The van der Waals surface area contributed by atoms with E-state index in [0.29, 0.717) is 5.56 Å². The highest BCUT2D eigenvalue weighted by atomic mass is 32.2. The first kappa shape index (κ1) is 15.2. The van der Waals surface area contributed by atoms with Gasteiger partial charge in [-0.1, -0.05) is 12.1 Å². The number of hydrogen-bond donors (Lipinski definition) is 3. The molecule has 0 amide bonds. The molecule has 7 heteroatoms. The average Bonchev–Trinajstić information content (AvgIpc) is 2.38. The van der Waals surface area contributed by atoms with Crippen molar-refractivity contribution in [2.24, 2.45) is 5.73 Å². The second kappa shape index (κ2) is 6.91. The van der Waals surface area contributed by atoms with Crippen LogP contribution in [0.5, 0.6) is 0 Å². The van der Waals surface area contributed by atoms with Crippen LogP contribution >= 0.6 is 11.8 Å². The zero-order valence-corrected chi connectivity index (χ0v) is 10.7. The molecule has 0 aromatic heterocycles. The van der Waals surface area contributed by atoms with Crippen molar-refractivity contribution >= 4 is 29.5 Å². The van der Waals surface area contributed by atoms with Crippen LogP contribution in [0.3, 0.4) is 0 Å². The largest absolute Gasteiger partial charge is 0.480 e. The minimum Gasteiger partial charge on any atom is -0.480 e. The first-order valence-electron chi connectivity index (χ1n) is 5.34. The predicted molar refractivity (Wildman–Crippen MR) is 70.7 cm³/mol. The van der Waals surface area contributed by atoms with Crippen LogP contribution in [0.2, 0.25) is 0 Å². The van der Waals surface area contributed by atoms with Crippen molar-refractivity contribution in [3.05, 3.63) is 35.4 Å². The van der Waals surface area contributed by atoms with Gasteiger partial charge in [0, 0.05) is 11.3 Å². The summed E-state index contributed by atoms with van der Waals surface area (Å²) in [6.45, 7) is 0. The van der Waals surface area contributed by atoms with E-state index in [9.17, 15) is 14.4 Å². The van der Waals surface area contributed by atoms with Gasteiger partial charge in [-0.15, -0.1) is 0 Å². The lowest BCUT2D eigenvalue weighted by molar-refractivity contribution is -0.137. The molecular formula is C12H13NO5S. The molecule has 102 valence electrons. The fraction of sp³-hybridized carbons (Fsp3) is 0.250. The summed E-state index contributed by atoms with van der Waals surface area (Å²) in [7, 11) is 0. The highest BCUT2D eigenvalue weighted by Crippen LogP contribution is 2.10. The van der Waals surface area contributed by atoms with E-state index < -0.39 is 18.0 Å². The van der Waals surface area contributed by atoms with Gasteiger partial charge >= 0.3 is 11.9 Å². The molecule has 0 heterocycles. The normalized spacial score (nSPS) is 11.8. The Kier molecular flexibility index (Phi) is 5.53. The smallest absolute Gasteiger partial charge is 0.335 e. The number of hydrogen-bond acceptors (Lipinski definition) is 5. The van der Waals surface area contributed by atoms with Gasteiger partial charge in [-0.25, -0.2) is 4.79 Å². The average molecular weight is 283 g/mol. The summed E-state index contributed by atoms with van der Waals surface area (Å²) in [6.07, 6.45) is 0. The quantitative estimate of drug-likeness (QED) is 0.631. The molecule has 0 aliphatic carbocycles. The molecule has 0 saturated heterocycles. The second-order valence-electron chi connectivity index (χ2n) is 3.77. The third-order valence-corrected chi connectivity index (χ3v) is 3.36. The number of thioether (sulfide) groups is 1. The molecule has 1 rings (SSSR count). The van der Waals surface area contributed by atoms with Gasteiger partial charge in [0.25, 0.3) is 0 Å². The molecule has 1 aromatic carbocycles. The number of aliphatic carboxylic acids is 1. The van der Waals surface area contributed by atoms with E-state index in [2.05, 4.69) is 0 Å². The predicted octanol–water partition coefficient (Wildman–Crippen LogP) is 0.713. The molecule has 4 N–H and O–H groups in total. The van der Waals surface area contributed by atoms with Crippen molar-refractivity contribution in [3.63, 3.8) is 0 Å². The molecule has 0 aliphatic rings. The van der Waals surface area contributed by atoms with Crippen molar-refractivity contribution in [1.82, 2.24) is 0 Å². The van der Waals surface area contributed by atoms with Gasteiger partial charge in [-0.2, -0.15) is 11.8 Å². The lowest BCUT2D eigenvalue weighted by Gasteiger charge is -2.05. The molecule has 6 nitrogen and oxygen atoms in total. The highest BCUT2D eigenvalue weighted by molar-refractivity contribution is 8.00. The monoisotopic (exact) mass is 283 g/mol. The van der Waals surface area contributed by atoms with Crippen LogP contribution in [0.15, 0.2) is 24.3 Å². The van der Waals surface area contributed by atoms with Gasteiger partial charge in [0.05, 0.1) is 11.3 Å². The Labute approximate surface area is 113 Å². The minimum atomic E-state index is -1.11. The van der Waals surface area contributed by atoms with E-state index in [4.69, 9.17) is 15.9 Å². The van der Waals surface area contributed by atoms with Gasteiger partial charge in [0.2, 0.25) is 0 Å². The van der Waals surface area contributed by atoms with Crippen molar-refractivity contribution < 1.29 is 24.6 Å². The summed E-state index contributed by atoms with van der Waals surface area (Å²) >= 11 is 1.13. The summed E-state index contributed by atoms with van der Waals surface area (Å²) in [4.78, 5) is 32.8. The van der Waals surface area contributed by atoms with Crippen LogP contribution < -0.4 is 5.73 Å². The summed E-state index contributed by atoms with van der Waals surface area (Å²) < 4.78 is 0. The van der Waals surface area contributed by atoms with Crippen LogP contribution in [0, 0.1) is 0 Å². The maximum absolute atomic E-state index is 11.7. The third kappa shape index (κ3) is 4.72. The Balaban J connectivity index is 2.50. The summed E-state index contributed by atoms with van der Waals surface area (Å²) in [6, 6.07) is 4.58. The maximum atomic E-state index is 11.7. The highest BCUT2D eigenvalue weighted by Gasteiger charge is 2.13. The van der Waals surface area contributed by atoms with Crippen LogP contribution in [-0.4, -0.2) is 45.5 Å². The summed E-state index contributed by atoms with van der Waals surface area (Å²) in [5.41, 5.74) is 5.80. The molecule has 0 saturated carbocycles.